The van der Waals surface area contributed by atoms with Crippen LogP contribution in [0.5, 0.6) is 5.75 Å². The van der Waals surface area contributed by atoms with Crippen LogP contribution >= 0.6 is 0 Å². The monoisotopic (exact) mass is 255 g/mol. The molecule has 3 rings (SSSR count). The predicted molar refractivity (Wildman–Crippen MR) is 75.0 cm³/mol. The lowest BCUT2D eigenvalue weighted by Gasteiger charge is -2.10. The fraction of sp³-hybridized carbons (Fsp3) is 0.333. The lowest BCUT2D eigenvalue weighted by molar-refractivity contribution is 0.341. The molecule has 1 aliphatic carbocycles. The number of nitrogens with zero attached hydrogens (tertiary/aromatic N) is 2. The quantitative estimate of drug-likeness (QED) is 0.912. The molecule has 0 radical (unpaired) electrons. The van der Waals surface area contributed by atoms with Gasteiger partial charge in [-0.25, -0.2) is 9.97 Å². The summed E-state index contributed by atoms with van der Waals surface area (Å²) in [6, 6.07) is 9.69. The fourth-order valence-corrected chi connectivity index (χ4v) is 2.13. The van der Waals surface area contributed by atoms with E-state index >= 15 is 0 Å². The van der Waals surface area contributed by atoms with Gasteiger partial charge in [-0.2, -0.15) is 0 Å². The van der Waals surface area contributed by atoms with E-state index in [1.165, 1.54) is 12.8 Å². The molecule has 19 heavy (non-hydrogen) atoms. The molecule has 0 saturated heterocycles. The van der Waals surface area contributed by atoms with Gasteiger partial charge in [-0.3, -0.25) is 0 Å². The van der Waals surface area contributed by atoms with Gasteiger partial charge < -0.3 is 10.5 Å². The third-order valence-electron chi connectivity index (χ3n) is 3.19. The van der Waals surface area contributed by atoms with Gasteiger partial charge >= 0.3 is 0 Å². The molecule has 0 atom stereocenters. The number of para-hydroxylation sites is 1. The molecule has 98 valence electrons. The van der Waals surface area contributed by atoms with Crippen molar-refractivity contribution in [3.05, 3.63) is 36.0 Å². The Labute approximate surface area is 112 Å². The van der Waals surface area contributed by atoms with E-state index in [1.54, 1.807) is 0 Å². The minimum atomic E-state index is 0.526. The maximum Gasteiger partial charge on any atom is 0.165 e. The standard InChI is InChI=1S/C15H17N3O/c1-2-19-13-6-4-3-5-11(13)15-17-12(10-7-8-10)9-14(16)18-15/h3-6,9-10H,2,7-8H2,1H3,(H2,16,17,18). The molecule has 1 heterocycles. The number of rotatable bonds is 4. The summed E-state index contributed by atoms with van der Waals surface area (Å²) in [5.41, 5.74) is 7.85. The molecular weight excluding hydrogens is 238 g/mol. The van der Waals surface area contributed by atoms with Gasteiger partial charge in [0.05, 0.1) is 12.2 Å². The highest BCUT2D eigenvalue weighted by Gasteiger charge is 2.26. The highest BCUT2D eigenvalue weighted by molar-refractivity contribution is 5.65. The zero-order valence-electron chi connectivity index (χ0n) is 11.0. The first kappa shape index (κ1) is 12.0. The molecule has 0 unspecified atom stereocenters. The second kappa shape index (κ2) is 4.88. The normalized spacial score (nSPS) is 14.4. The molecule has 0 spiro atoms. The van der Waals surface area contributed by atoms with Crippen LogP contribution in [0, 0.1) is 0 Å². The first-order chi connectivity index (χ1) is 9.28. The van der Waals surface area contributed by atoms with Gasteiger partial charge in [-0.15, -0.1) is 0 Å². The van der Waals surface area contributed by atoms with Crippen molar-refractivity contribution in [2.24, 2.45) is 0 Å². The molecular formula is C15H17N3O. The summed E-state index contributed by atoms with van der Waals surface area (Å²) in [5.74, 6) is 2.55. The average molecular weight is 255 g/mol. The Balaban J connectivity index is 2.05. The number of aromatic nitrogens is 2. The Kier molecular flexibility index (Phi) is 3.07. The van der Waals surface area contributed by atoms with Gasteiger partial charge in [0.25, 0.3) is 0 Å². The summed E-state index contributed by atoms with van der Waals surface area (Å²) in [4.78, 5) is 8.98. The molecule has 1 aliphatic rings. The van der Waals surface area contributed by atoms with Crippen LogP contribution < -0.4 is 10.5 Å². The van der Waals surface area contributed by atoms with Gasteiger partial charge in [0.15, 0.2) is 5.82 Å². The molecule has 0 aliphatic heterocycles. The van der Waals surface area contributed by atoms with Gasteiger partial charge in [0.2, 0.25) is 0 Å². The summed E-state index contributed by atoms with van der Waals surface area (Å²) in [5, 5.41) is 0. The lowest BCUT2D eigenvalue weighted by atomic mass is 10.1. The Bertz CT molecular complexity index is 594. The summed E-state index contributed by atoms with van der Waals surface area (Å²) >= 11 is 0. The molecule has 0 amide bonds. The Morgan fingerprint density at radius 3 is 2.79 bits per heavy atom. The highest BCUT2D eigenvalue weighted by Crippen LogP contribution is 2.40. The van der Waals surface area contributed by atoms with Crippen molar-refractivity contribution < 1.29 is 4.74 Å². The van der Waals surface area contributed by atoms with Crippen LogP contribution in [-0.2, 0) is 0 Å². The minimum Gasteiger partial charge on any atom is -0.493 e. The van der Waals surface area contributed by atoms with Crippen LogP contribution in [0.1, 0.15) is 31.4 Å². The number of nitrogen functional groups attached to an aromatic ring is 1. The third-order valence-corrected chi connectivity index (χ3v) is 3.19. The number of nitrogens with two attached hydrogens (primary N) is 1. The van der Waals surface area contributed by atoms with Gasteiger partial charge in [-0.05, 0) is 31.9 Å². The van der Waals surface area contributed by atoms with Gasteiger partial charge in [0.1, 0.15) is 11.6 Å². The van der Waals surface area contributed by atoms with E-state index in [-0.39, 0.29) is 0 Å². The lowest BCUT2D eigenvalue weighted by Crippen LogP contribution is -2.01. The van der Waals surface area contributed by atoms with E-state index < -0.39 is 0 Å². The Hall–Kier alpha value is -2.10. The van der Waals surface area contributed by atoms with Crippen molar-refractivity contribution in [1.29, 1.82) is 0 Å². The average Bonchev–Trinajstić information content (AvgIpc) is 3.23. The van der Waals surface area contributed by atoms with Crippen LogP contribution in [0.25, 0.3) is 11.4 Å². The zero-order chi connectivity index (χ0) is 13.2. The number of hydrogen-bond acceptors (Lipinski definition) is 4. The molecule has 1 aromatic heterocycles. The second-order valence-electron chi connectivity index (χ2n) is 4.74. The van der Waals surface area contributed by atoms with E-state index in [0.717, 1.165) is 17.0 Å². The summed E-state index contributed by atoms with van der Waals surface area (Å²) in [7, 11) is 0. The van der Waals surface area contributed by atoms with Gasteiger partial charge in [0, 0.05) is 17.7 Å². The number of hydrogen-bond donors (Lipinski definition) is 1. The molecule has 0 bridgehead atoms. The maximum atomic E-state index is 5.89. The van der Waals surface area contributed by atoms with E-state index in [9.17, 15) is 0 Å². The summed E-state index contributed by atoms with van der Waals surface area (Å²) < 4.78 is 5.63. The van der Waals surface area contributed by atoms with Crippen LogP contribution in [0.2, 0.25) is 0 Å². The van der Waals surface area contributed by atoms with Crippen LogP contribution in [0.3, 0.4) is 0 Å². The van der Waals surface area contributed by atoms with E-state index in [4.69, 9.17) is 10.5 Å². The topological polar surface area (TPSA) is 61.0 Å². The van der Waals surface area contributed by atoms with Crippen molar-refractivity contribution in [2.45, 2.75) is 25.7 Å². The van der Waals surface area contributed by atoms with E-state index in [0.29, 0.717) is 24.2 Å². The van der Waals surface area contributed by atoms with Crippen LogP contribution in [0.15, 0.2) is 30.3 Å². The second-order valence-corrected chi connectivity index (χ2v) is 4.74. The van der Waals surface area contributed by atoms with Crippen molar-refractivity contribution in [2.75, 3.05) is 12.3 Å². The summed E-state index contributed by atoms with van der Waals surface area (Å²) in [6.07, 6.45) is 2.39. The van der Waals surface area contributed by atoms with Crippen molar-refractivity contribution in [1.82, 2.24) is 9.97 Å². The molecule has 4 nitrogen and oxygen atoms in total. The molecule has 2 N–H and O–H groups in total. The number of ether oxygens (including phenoxy) is 1. The largest absolute Gasteiger partial charge is 0.493 e. The van der Waals surface area contributed by atoms with Crippen LogP contribution in [0.4, 0.5) is 5.82 Å². The molecule has 4 heteroatoms. The first-order valence-electron chi connectivity index (χ1n) is 6.64. The van der Waals surface area contributed by atoms with E-state index in [1.807, 2.05) is 37.3 Å². The number of benzene rings is 1. The third kappa shape index (κ3) is 2.52. The molecule has 1 aromatic carbocycles. The highest BCUT2D eigenvalue weighted by atomic mass is 16.5. The summed E-state index contributed by atoms with van der Waals surface area (Å²) in [6.45, 7) is 2.58. The van der Waals surface area contributed by atoms with E-state index in [2.05, 4.69) is 9.97 Å². The fourth-order valence-electron chi connectivity index (χ4n) is 2.13. The molecule has 1 saturated carbocycles. The van der Waals surface area contributed by atoms with Crippen molar-refractivity contribution in [3.8, 4) is 17.1 Å². The molecule has 2 aromatic rings. The van der Waals surface area contributed by atoms with Crippen LogP contribution in [-0.4, -0.2) is 16.6 Å². The SMILES string of the molecule is CCOc1ccccc1-c1nc(N)cc(C2CC2)n1. The Morgan fingerprint density at radius 2 is 2.05 bits per heavy atom. The maximum absolute atomic E-state index is 5.89. The molecule has 1 fully saturated rings. The number of anilines is 1. The first-order valence-corrected chi connectivity index (χ1v) is 6.64. The minimum absolute atomic E-state index is 0.526. The van der Waals surface area contributed by atoms with Crippen molar-refractivity contribution >= 4 is 5.82 Å². The predicted octanol–water partition coefficient (Wildman–Crippen LogP) is 3.00. The van der Waals surface area contributed by atoms with Crippen molar-refractivity contribution in [3.63, 3.8) is 0 Å². The zero-order valence-corrected chi connectivity index (χ0v) is 11.0. The Morgan fingerprint density at radius 1 is 1.26 bits per heavy atom. The van der Waals surface area contributed by atoms with Gasteiger partial charge in [-0.1, -0.05) is 12.1 Å². The smallest absolute Gasteiger partial charge is 0.165 e.